The highest BCUT2D eigenvalue weighted by atomic mass is 16.6. The van der Waals surface area contributed by atoms with Crippen LogP contribution in [0.3, 0.4) is 0 Å². The fourth-order valence-corrected chi connectivity index (χ4v) is 2.40. The summed E-state index contributed by atoms with van der Waals surface area (Å²) < 4.78 is 15.7. The molecule has 1 amide bonds. The lowest BCUT2D eigenvalue weighted by Gasteiger charge is -2.20. The summed E-state index contributed by atoms with van der Waals surface area (Å²) >= 11 is 0. The quantitative estimate of drug-likeness (QED) is 0.795. The van der Waals surface area contributed by atoms with Crippen molar-refractivity contribution in [3.05, 3.63) is 23.8 Å². The monoisotopic (exact) mass is 291 g/mol. The lowest BCUT2D eigenvalue weighted by Crippen LogP contribution is -2.19. The Bertz CT molecular complexity index is 507. The van der Waals surface area contributed by atoms with Gasteiger partial charge in [0.25, 0.3) is 0 Å². The van der Waals surface area contributed by atoms with Crippen molar-refractivity contribution in [3.63, 3.8) is 0 Å². The number of rotatable bonds is 4. The van der Waals surface area contributed by atoms with Crippen LogP contribution in [0.15, 0.2) is 23.2 Å². The average molecular weight is 291 g/mol. The first kappa shape index (κ1) is 15.4. The molecular formula is C16H21NO4. The van der Waals surface area contributed by atoms with Crippen molar-refractivity contribution in [2.75, 3.05) is 14.2 Å². The highest BCUT2D eigenvalue weighted by molar-refractivity contribution is 5.91. The zero-order valence-electron chi connectivity index (χ0n) is 12.5. The molecule has 1 aromatic rings. The van der Waals surface area contributed by atoms with Gasteiger partial charge in [-0.25, -0.2) is 4.79 Å². The van der Waals surface area contributed by atoms with Gasteiger partial charge in [-0.2, -0.15) is 4.99 Å². The first-order valence-electron chi connectivity index (χ1n) is 7.19. The maximum Gasteiger partial charge on any atom is 0.433 e. The summed E-state index contributed by atoms with van der Waals surface area (Å²) in [5.74, 6) is 1.29. The predicted molar refractivity (Wildman–Crippen MR) is 80.5 cm³/mol. The van der Waals surface area contributed by atoms with Gasteiger partial charge in [-0.1, -0.05) is 6.42 Å². The molecule has 1 aromatic carbocycles. The van der Waals surface area contributed by atoms with Gasteiger partial charge < -0.3 is 14.2 Å². The van der Waals surface area contributed by atoms with Gasteiger partial charge in [0.05, 0.1) is 14.2 Å². The topological polar surface area (TPSA) is 57.1 Å². The zero-order valence-corrected chi connectivity index (χ0v) is 12.5. The number of hydrogen-bond acceptors (Lipinski definition) is 4. The second kappa shape index (κ2) is 7.67. The SMILES string of the molecule is COc1ccc(C=NC(=O)OC2CCCCC2)c(OC)c1. The van der Waals surface area contributed by atoms with E-state index in [-0.39, 0.29) is 6.10 Å². The third-order valence-corrected chi connectivity index (χ3v) is 3.57. The molecule has 0 aliphatic heterocycles. The second-order valence-corrected chi connectivity index (χ2v) is 5.01. The van der Waals surface area contributed by atoms with Gasteiger partial charge in [0.15, 0.2) is 0 Å². The van der Waals surface area contributed by atoms with Crippen LogP contribution < -0.4 is 9.47 Å². The molecule has 114 valence electrons. The number of methoxy groups -OCH3 is 2. The minimum atomic E-state index is -0.542. The molecule has 0 aromatic heterocycles. The molecule has 1 fully saturated rings. The van der Waals surface area contributed by atoms with E-state index in [1.54, 1.807) is 32.4 Å². The molecule has 5 nitrogen and oxygen atoms in total. The summed E-state index contributed by atoms with van der Waals surface area (Å²) in [5, 5.41) is 0. The normalized spacial score (nSPS) is 15.9. The van der Waals surface area contributed by atoms with Crippen LogP contribution in [-0.2, 0) is 4.74 Å². The van der Waals surface area contributed by atoms with E-state index >= 15 is 0 Å². The number of benzene rings is 1. The number of carbonyl (C=O) groups is 1. The molecule has 0 atom stereocenters. The van der Waals surface area contributed by atoms with Crippen LogP contribution in [0.2, 0.25) is 0 Å². The number of hydrogen-bond donors (Lipinski definition) is 0. The molecule has 0 unspecified atom stereocenters. The van der Waals surface area contributed by atoms with Crippen molar-refractivity contribution in [2.24, 2.45) is 4.99 Å². The standard InChI is InChI=1S/C16H21NO4/c1-19-14-9-8-12(15(10-14)20-2)11-17-16(18)21-13-6-4-3-5-7-13/h8-11,13H,3-7H2,1-2H3. The van der Waals surface area contributed by atoms with Crippen LogP contribution >= 0.6 is 0 Å². The van der Waals surface area contributed by atoms with Crippen molar-refractivity contribution < 1.29 is 19.0 Å². The first-order chi connectivity index (χ1) is 10.2. The molecule has 0 saturated heterocycles. The number of aliphatic imine (C=N–C) groups is 1. The molecule has 5 heteroatoms. The number of ether oxygens (including phenoxy) is 3. The van der Waals surface area contributed by atoms with E-state index in [2.05, 4.69) is 4.99 Å². The fourth-order valence-electron chi connectivity index (χ4n) is 2.40. The molecule has 0 heterocycles. The Balaban J connectivity index is 1.97. The van der Waals surface area contributed by atoms with E-state index in [4.69, 9.17) is 14.2 Å². The predicted octanol–water partition coefficient (Wildman–Crippen LogP) is 3.59. The summed E-state index contributed by atoms with van der Waals surface area (Å²) in [7, 11) is 3.15. The average Bonchev–Trinajstić information content (AvgIpc) is 2.53. The Morgan fingerprint density at radius 3 is 2.62 bits per heavy atom. The van der Waals surface area contributed by atoms with Gasteiger partial charge in [-0.15, -0.1) is 0 Å². The van der Waals surface area contributed by atoms with Crippen molar-refractivity contribution in [3.8, 4) is 11.5 Å². The summed E-state index contributed by atoms with van der Waals surface area (Å²) in [6, 6.07) is 5.32. The maximum absolute atomic E-state index is 11.7. The molecule has 1 aliphatic rings. The molecule has 2 rings (SSSR count). The molecule has 0 radical (unpaired) electrons. The van der Waals surface area contributed by atoms with Gasteiger partial charge >= 0.3 is 6.09 Å². The Labute approximate surface area is 124 Å². The Morgan fingerprint density at radius 2 is 1.95 bits per heavy atom. The second-order valence-electron chi connectivity index (χ2n) is 5.01. The van der Waals surface area contributed by atoms with Gasteiger partial charge in [0.2, 0.25) is 0 Å². The third kappa shape index (κ3) is 4.48. The molecule has 0 bridgehead atoms. The van der Waals surface area contributed by atoms with Crippen LogP contribution in [0, 0.1) is 0 Å². The van der Waals surface area contributed by atoms with E-state index in [9.17, 15) is 4.79 Å². The third-order valence-electron chi connectivity index (χ3n) is 3.57. The lowest BCUT2D eigenvalue weighted by atomic mass is 9.98. The van der Waals surface area contributed by atoms with Crippen LogP contribution in [-0.4, -0.2) is 32.6 Å². The zero-order chi connectivity index (χ0) is 15.1. The van der Waals surface area contributed by atoms with E-state index in [0.29, 0.717) is 17.1 Å². The highest BCUT2D eigenvalue weighted by Crippen LogP contribution is 2.23. The summed E-state index contributed by atoms with van der Waals surface area (Å²) in [6.45, 7) is 0. The smallest absolute Gasteiger partial charge is 0.433 e. The first-order valence-corrected chi connectivity index (χ1v) is 7.19. The fraction of sp³-hybridized carbons (Fsp3) is 0.500. The molecule has 1 saturated carbocycles. The van der Waals surface area contributed by atoms with Crippen LogP contribution in [0.25, 0.3) is 0 Å². The van der Waals surface area contributed by atoms with Crippen molar-refractivity contribution in [1.29, 1.82) is 0 Å². The Kier molecular flexibility index (Phi) is 5.60. The van der Waals surface area contributed by atoms with E-state index in [0.717, 1.165) is 25.7 Å². The maximum atomic E-state index is 11.7. The van der Waals surface area contributed by atoms with E-state index in [1.165, 1.54) is 12.6 Å². The highest BCUT2D eigenvalue weighted by Gasteiger charge is 2.17. The number of nitrogens with zero attached hydrogens (tertiary/aromatic N) is 1. The Morgan fingerprint density at radius 1 is 1.19 bits per heavy atom. The Hall–Kier alpha value is -2.04. The lowest BCUT2D eigenvalue weighted by molar-refractivity contribution is 0.0834. The van der Waals surface area contributed by atoms with Crippen molar-refractivity contribution in [2.45, 2.75) is 38.2 Å². The summed E-state index contributed by atoms with van der Waals surface area (Å²) in [4.78, 5) is 15.6. The molecule has 0 spiro atoms. The minimum absolute atomic E-state index is 0.0150. The van der Waals surface area contributed by atoms with Crippen molar-refractivity contribution in [1.82, 2.24) is 0 Å². The van der Waals surface area contributed by atoms with Gasteiger partial charge in [0.1, 0.15) is 17.6 Å². The molecule has 1 aliphatic carbocycles. The van der Waals surface area contributed by atoms with E-state index < -0.39 is 6.09 Å². The summed E-state index contributed by atoms with van der Waals surface area (Å²) in [6.07, 6.45) is 6.27. The summed E-state index contributed by atoms with van der Waals surface area (Å²) in [5.41, 5.74) is 0.707. The van der Waals surface area contributed by atoms with Crippen molar-refractivity contribution >= 4 is 12.3 Å². The van der Waals surface area contributed by atoms with Gasteiger partial charge in [-0.05, 0) is 37.8 Å². The largest absolute Gasteiger partial charge is 0.497 e. The van der Waals surface area contributed by atoms with Gasteiger partial charge in [-0.3, -0.25) is 0 Å². The molecule has 21 heavy (non-hydrogen) atoms. The van der Waals surface area contributed by atoms with Crippen LogP contribution in [0.5, 0.6) is 11.5 Å². The minimum Gasteiger partial charge on any atom is -0.497 e. The van der Waals surface area contributed by atoms with Crippen LogP contribution in [0.4, 0.5) is 4.79 Å². The number of amides is 1. The van der Waals surface area contributed by atoms with Gasteiger partial charge in [0, 0.05) is 17.8 Å². The van der Waals surface area contributed by atoms with Crippen LogP contribution in [0.1, 0.15) is 37.7 Å². The van der Waals surface area contributed by atoms with E-state index in [1.807, 2.05) is 0 Å². The number of carbonyl (C=O) groups excluding carboxylic acids is 1. The molecule has 0 N–H and O–H groups in total. The molecular weight excluding hydrogens is 270 g/mol.